The monoisotopic (exact) mass is 314 g/mol. The van der Waals surface area contributed by atoms with Gasteiger partial charge < -0.3 is 4.74 Å². The van der Waals surface area contributed by atoms with E-state index in [1.54, 1.807) is 12.1 Å². The molecule has 2 aliphatic heterocycles. The molecule has 0 amide bonds. The van der Waals surface area contributed by atoms with Gasteiger partial charge in [-0.15, -0.1) is 0 Å². The molecule has 0 radical (unpaired) electrons. The molecule has 2 heterocycles. The van der Waals surface area contributed by atoms with E-state index in [0.29, 0.717) is 4.90 Å². The second-order valence-corrected chi connectivity index (χ2v) is 8.09. The summed E-state index contributed by atoms with van der Waals surface area (Å²) in [7, 11) is -3.27. The normalized spacial score (nSPS) is 31.7. The lowest BCUT2D eigenvalue weighted by Crippen LogP contribution is -2.21. The average molecular weight is 314 g/mol. The molecule has 0 aromatic heterocycles. The first-order chi connectivity index (χ1) is 10.6. The van der Waals surface area contributed by atoms with Crippen LogP contribution in [0.1, 0.15) is 24.5 Å². The molecule has 3 nitrogen and oxygen atoms in total. The number of fused-ring (bicyclic) bond motifs is 3. The van der Waals surface area contributed by atoms with Gasteiger partial charge in [0.2, 0.25) is 0 Å². The Morgan fingerprint density at radius 2 is 1.77 bits per heavy atom. The van der Waals surface area contributed by atoms with Crippen LogP contribution in [0.5, 0.6) is 0 Å². The maximum atomic E-state index is 12.7. The number of ether oxygens (including phenoxy) is 1. The van der Waals surface area contributed by atoms with Crippen LogP contribution in [0, 0.1) is 5.92 Å². The lowest BCUT2D eigenvalue weighted by molar-refractivity contribution is 0.294. The van der Waals surface area contributed by atoms with Crippen LogP contribution < -0.4 is 0 Å². The van der Waals surface area contributed by atoms with Crippen LogP contribution in [0.15, 0.2) is 59.5 Å². The maximum absolute atomic E-state index is 12.7. The Balaban J connectivity index is 2.00. The second kappa shape index (κ2) is 4.67. The molecule has 4 heteroatoms. The van der Waals surface area contributed by atoms with Crippen LogP contribution in [0.3, 0.4) is 0 Å². The minimum atomic E-state index is -3.27. The van der Waals surface area contributed by atoms with Crippen molar-refractivity contribution >= 4 is 9.84 Å². The summed E-state index contributed by atoms with van der Waals surface area (Å²) < 4.78 is 31.7. The van der Waals surface area contributed by atoms with Crippen molar-refractivity contribution in [3.63, 3.8) is 0 Å². The fourth-order valence-electron chi connectivity index (χ4n) is 3.72. The summed E-state index contributed by atoms with van der Waals surface area (Å²) >= 11 is 0. The highest BCUT2D eigenvalue weighted by molar-refractivity contribution is 7.91. The summed E-state index contributed by atoms with van der Waals surface area (Å²) in [4.78, 5) is 0.428. The Kier molecular flexibility index (Phi) is 2.97. The van der Waals surface area contributed by atoms with Crippen LogP contribution in [-0.2, 0) is 20.2 Å². The standard InChI is InChI=1S/C18H18O3S/c1-2-13-12-22(19,20)16-11-7-6-10-15(16)18(17(13)21-18)14-8-4-3-5-9-14/h3-11,13,17H,2,12H2,1H3/t13?,17?,18-/m1/s1. The van der Waals surface area contributed by atoms with Gasteiger partial charge in [-0.2, -0.15) is 0 Å². The van der Waals surface area contributed by atoms with Gasteiger partial charge in [0.05, 0.1) is 10.6 Å². The van der Waals surface area contributed by atoms with Crippen molar-refractivity contribution in [2.75, 3.05) is 5.75 Å². The molecule has 2 aromatic rings. The molecule has 0 N–H and O–H groups in total. The van der Waals surface area contributed by atoms with Crippen LogP contribution in [-0.4, -0.2) is 20.3 Å². The summed E-state index contributed by atoms with van der Waals surface area (Å²) in [6.45, 7) is 2.04. The van der Waals surface area contributed by atoms with Crippen LogP contribution in [0.4, 0.5) is 0 Å². The molecule has 0 aliphatic carbocycles. The Morgan fingerprint density at radius 1 is 1.09 bits per heavy atom. The third-order valence-electron chi connectivity index (χ3n) is 4.87. The maximum Gasteiger partial charge on any atom is 0.179 e. The highest BCUT2D eigenvalue weighted by Crippen LogP contribution is 2.58. The predicted octanol–water partition coefficient (Wildman–Crippen LogP) is 3.14. The van der Waals surface area contributed by atoms with Gasteiger partial charge in [0.25, 0.3) is 0 Å². The SMILES string of the molecule is CCC1CS(=O)(=O)c2ccccc2[C@@]2(c3ccccc3)OC12. The molecule has 1 saturated heterocycles. The van der Waals surface area contributed by atoms with Crippen molar-refractivity contribution in [1.29, 1.82) is 0 Å². The lowest BCUT2D eigenvalue weighted by atomic mass is 9.83. The van der Waals surface area contributed by atoms with Crippen LogP contribution in [0.2, 0.25) is 0 Å². The number of benzene rings is 2. The predicted molar refractivity (Wildman–Crippen MR) is 84.4 cm³/mol. The number of rotatable bonds is 2. The largest absolute Gasteiger partial charge is 0.355 e. The number of hydrogen-bond acceptors (Lipinski definition) is 3. The van der Waals surface area contributed by atoms with Gasteiger partial charge in [0.1, 0.15) is 11.7 Å². The molecule has 22 heavy (non-hydrogen) atoms. The topological polar surface area (TPSA) is 46.7 Å². The Morgan fingerprint density at radius 3 is 2.50 bits per heavy atom. The van der Waals surface area contributed by atoms with Gasteiger partial charge in [-0.1, -0.05) is 55.5 Å². The smallest absolute Gasteiger partial charge is 0.179 e. The van der Waals surface area contributed by atoms with Crippen molar-refractivity contribution < 1.29 is 13.2 Å². The molecule has 114 valence electrons. The van der Waals surface area contributed by atoms with Gasteiger partial charge in [0, 0.05) is 11.5 Å². The zero-order valence-corrected chi connectivity index (χ0v) is 13.2. The van der Waals surface area contributed by atoms with Crippen molar-refractivity contribution in [3.8, 4) is 0 Å². The third kappa shape index (κ3) is 1.80. The Bertz CT molecular complexity index is 813. The first-order valence-electron chi connectivity index (χ1n) is 7.65. The minimum absolute atomic E-state index is 0.0256. The molecule has 3 atom stereocenters. The van der Waals surface area contributed by atoms with Gasteiger partial charge in [-0.05, 0) is 18.1 Å². The first-order valence-corrected chi connectivity index (χ1v) is 9.30. The molecule has 0 bridgehead atoms. The van der Waals surface area contributed by atoms with E-state index in [2.05, 4.69) is 0 Å². The number of sulfone groups is 1. The molecular weight excluding hydrogens is 296 g/mol. The molecular formula is C18H18O3S. The zero-order valence-electron chi connectivity index (χ0n) is 12.4. The Labute approximate surface area is 130 Å². The van der Waals surface area contributed by atoms with Gasteiger partial charge in [-0.25, -0.2) is 8.42 Å². The van der Waals surface area contributed by atoms with Crippen molar-refractivity contribution in [2.24, 2.45) is 5.92 Å². The van der Waals surface area contributed by atoms with E-state index in [0.717, 1.165) is 17.5 Å². The summed E-state index contributed by atoms with van der Waals surface area (Å²) in [6, 6.07) is 17.3. The van der Waals surface area contributed by atoms with Crippen molar-refractivity contribution in [2.45, 2.75) is 29.9 Å². The minimum Gasteiger partial charge on any atom is -0.355 e. The summed E-state index contributed by atoms with van der Waals surface area (Å²) in [6.07, 6.45) is 0.741. The highest BCUT2D eigenvalue weighted by atomic mass is 32.2. The van der Waals surface area contributed by atoms with Crippen LogP contribution in [0.25, 0.3) is 0 Å². The molecule has 0 spiro atoms. The molecule has 2 aromatic carbocycles. The van der Waals surface area contributed by atoms with E-state index in [4.69, 9.17) is 4.74 Å². The highest BCUT2D eigenvalue weighted by Gasteiger charge is 2.64. The van der Waals surface area contributed by atoms with Gasteiger partial charge in [0.15, 0.2) is 9.84 Å². The lowest BCUT2D eigenvalue weighted by Gasteiger charge is -2.16. The molecule has 1 fully saturated rings. The quantitative estimate of drug-likeness (QED) is 0.800. The zero-order chi connectivity index (χ0) is 15.4. The molecule has 2 aliphatic rings. The Hall–Kier alpha value is -1.65. The fourth-order valence-corrected chi connectivity index (χ4v) is 5.71. The summed E-state index contributed by atoms with van der Waals surface area (Å²) in [5.41, 5.74) is 1.24. The first kappa shape index (κ1) is 14.0. The third-order valence-corrected chi connectivity index (χ3v) is 6.76. The van der Waals surface area contributed by atoms with E-state index in [1.165, 1.54) is 0 Å². The van der Waals surface area contributed by atoms with E-state index in [1.807, 2.05) is 49.4 Å². The van der Waals surface area contributed by atoms with Gasteiger partial charge >= 0.3 is 0 Å². The summed E-state index contributed by atoms with van der Waals surface area (Å²) in [5.74, 6) is 0.192. The fraction of sp³-hybridized carbons (Fsp3) is 0.333. The number of epoxide rings is 1. The van der Waals surface area contributed by atoms with Crippen molar-refractivity contribution in [3.05, 3.63) is 65.7 Å². The molecule has 4 rings (SSSR count). The van der Waals surface area contributed by atoms with Crippen LogP contribution >= 0.6 is 0 Å². The van der Waals surface area contributed by atoms with E-state index in [-0.39, 0.29) is 17.8 Å². The van der Waals surface area contributed by atoms with Crippen molar-refractivity contribution in [1.82, 2.24) is 0 Å². The van der Waals surface area contributed by atoms with E-state index in [9.17, 15) is 8.42 Å². The van der Waals surface area contributed by atoms with E-state index >= 15 is 0 Å². The average Bonchev–Trinajstić information content (AvgIpc) is 3.30. The molecule has 0 saturated carbocycles. The molecule has 2 unspecified atom stereocenters. The number of hydrogen-bond donors (Lipinski definition) is 0. The van der Waals surface area contributed by atoms with Gasteiger partial charge in [-0.3, -0.25) is 0 Å². The summed E-state index contributed by atoms with van der Waals surface area (Å²) in [5, 5.41) is 0. The van der Waals surface area contributed by atoms with E-state index < -0.39 is 15.4 Å². The second-order valence-electron chi connectivity index (χ2n) is 6.09.